The zero-order chi connectivity index (χ0) is 19.0. The number of para-hydroxylation sites is 2. The zero-order valence-corrected chi connectivity index (χ0v) is 17.2. The number of pyridine rings is 1. The minimum absolute atomic E-state index is 0.101. The predicted octanol–water partition coefficient (Wildman–Crippen LogP) is 6.48. The number of rotatable bonds is 4. The van der Waals surface area contributed by atoms with Crippen molar-refractivity contribution in [3.05, 3.63) is 92.6 Å². The lowest BCUT2D eigenvalue weighted by atomic mass is 9.97. The van der Waals surface area contributed by atoms with Gasteiger partial charge < -0.3 is 4.57 Å². The van der Waals surface area contributed by atoms with Crippen molar-refractivity contribution < 1.29 is 0 Å². The Balaban J connectivity index is 1.91. The lowest BCUT2D eigenvalue weighted by molar-refractivity contribution is 0.731. The molecule has 0 amide bonds. The molecule has 0 radical (unpaired) electrons. The number of aromatic nitrogens is 1. The first-order chi connectivity index (χ1) is 13.1. The van der Waals surface area contributed by atoms with Crippen LogP contribution in [-0.4, -0.2) is 4.57 Å². The van der Waals surface area contributed by atoms with Crippen LogP contribution in [0.3, 0.4) is 0 Å². The number of halogens is 1. The molecule has 27 heavy (non-hydrogen) atoms. The summed E-state index contributed by atoms with van der Waals surface area (Å²) >= 11 is 3.77. The topological polar surface area (TPSA) is 22.0 Å². The van der Waals surface area contributed by atoms with Crippen molar-refractivity contribution in [1.82, 2.24) is 4.57 Å². The standard InChI is InChI=1S/C24H22BrNO/c1-3-16(2)17-12-13-18(21(25)14-17)15-26-22-10-6-4-8-19(22)24(27)20-9-5-7-11-23(20)26/h4-14,16H,3,15H2,1-2H3. The van der Waals surface area contributed by atoms with E-state index in [2.05, 4.69) is 52.5 Å². The Morgan fingerprint density at radius 1 is 0.926 bits per heavy atom. The first-order valence-corrected chi connectivity index (χ1v) is 10.2. The van der Waals surface area contributed by atoms with Crippen molar-refractivity contribution >= 4 is 37.7 Å². The van der Waals surface area contributed by atoms with Gasteiger partial charge in [0.2, 0.25) is 0 Å². The van der Waals surface area contributed by atoms with Crippen LogP contribution in [-0.2, 0) is 6.54 Å². The molecule has 136 valence electrons. The van der Waals surface area contributed by atoms with E-state index in [9.17, 15) is 4.79 Å². The van der Waals surface area contributed by atoms with Gasteiger partial charge in [0, 0.05) is 21.8 Å². The van der Waals surface area contributed by atoms with E-state index in [1.54, 1.807) is 0 Å². The minimum Gasteiger partial charge on any atom is -0.336 e. The van der Waals surface area contributed by atoms with E-state index in [0.717, 1.165) is 32.7 Å². The van der Waals surface area contributed by atoms with E-state index in [0.29, 0.717) is 12.5 Å². The largest absolute Gasteiger partial charge is 0.336 e. The van der Waals surface area contributed by atoms with Crippen molar-refractivity contribution in [3.8, 4) is 0 Å². The van der Waals surface area contributed by atoms with Crippen LogP contribution in [0.5, 0.6) is 0 Å². The third-order valence-electron chi connectivity index (χ3n) is 5.47. The molecule has 3 aromatic carbocycles. The fraction of sp³-hybridized carbons (Fsp3) is 0.208. The lowest BCUT2D eigenvalue weighted by Crippen LogP contribution is -2.12. The summed E-state index contributed by atoms with van der Waals surface area (Å²) in [5, 5.41) is 1.53. The molecule has 1 heterocycles. The number of fused-ring (bicyclic) bond motifs is 2. The Morgan fingerprint density at radius 3 is 2.07 bits per heavy atom. The lowest BCUT2D eigenvalue weighted by Gasteiger charge is -2.17. The fourth-order valence-corrected chi connectivity index (χ4v) is 4.17. The normalized spacial score (nSPS) is 12.6. The minimum atomic E-state index is 0.101. The molecule has 0 aliphatic carbocycles. The van der Waals surface area contributed by atoms with Crippen LogP contribution in [0.4, 0.5) is 0 Å². The fourth-order valence-electron chi connectivity index (χ4n) is 3.65. The van der Waals surface area contributed by atoms with Gasteiger partial charge in [-0.2, -0.15) is 0 Å². The summed E-state index contributed by atoms with van der Waals surface area (Å²) in [4.78, 5) is 12.9. The summed E-state index contributed by atoms with van der Waals surface area (Å²) < 4.78 is 3.36. The van der Waals surface area contributed by atoms with Crippen LogP contribution in [0.15, 0.2) is 76.0 Å². The van der Waals surface area contributed by atoms with Crippen LogP contribution in [0, 0.1) is 0 Å². The number of hydrogen-bond donors (Lipinski definition) is 0. The average Bonchev–Trinajstić information content (AvgIpc) is 2.71. The summed E-state index contributed by atoms with van der Waals surface area (Å²) in [6, 6.07) is 22.4. The van der Waals surface area contributed by atoms with Gasteiger partial charge >= 0.3 is 0 Å². The molecule has 0 saturated carbocycles. The highest BCUT2D eigenvalue weighted by Gasteiger charge is 2.12. The van der Waals surface area contributed by atoms with Gasteiger partial charge in [-0.25, -0.2) is 0 Å². The highest BCUT2D eigenvalue weighted by Crippen LogP contribution is 2.28. The van der Waals surface area contributed by atoms with Crippen molar-refractivity contribution in [2.24, 2.45) is 0 Å². The maximum absolute atomic E-state index is 12.9. The molecule has 0 spiro atoms. The second-order valence-corrected chi connectivity index (χ2v) is 7.96. The van der Waals surface area contributed by atoms with Crippen molar-refractivity contribution in [3.63, 3.8) is 0 Å². The highest BCUT2D eigenvalue weighted by molar-refractivity contribution is 9.10. The quantitative estimate of drug-likeness (QED) is 0.347. The molecule has 0 bridgehead atoms. The molecule has 1 aromatic heterocycles. The first-order valence-electron chi connectivity index (χ1n) is 9.38. The molecular weight excluding hydrogens is 398 g/mol. The molecule has 0 saturated heterocycles. The zero-order valence-electron chi connectivity index (χ0n) is 15.6. The summed E-state index contributed by atoms with van der Waals surface area (Å²) in [6.45, 7) is 5.18. The van der Waals surface area contributed by atoms with E-state index in [1.807, 2.05) is 48.5 Å². The molecule has 2 nitrogen and oxygen atoms in total. The average molecular weight is 420 g/mol. The molecule has 0 fully saturated rings. The SMILES string of the molecule is CCC(C)c1ccc(Cn2c3ccccc3c(=O)c3ccccc32)c(Br)c1. The first kappa shape index (κ1) is 18.0. The van der Waals surface area contributed by atoms with Crippen LogP contribution >= 0.6 is 15.9 Å². The van der Waals surface area contributed by atoms with Crippen molar-refractivity contribution in [2.45, 2.75) is 32.7 Å². The Morgan fingerprint density at radius 2 is 1.52 bits per heavy atom. The van der Waals surface area contributed by atoms with Gasteiger partial charge in [0.1, 0.15) is 0 Å². The number of benzene rings is 3. The van der Waals surface area contributed by atoms with E-state index < -0.39 is 0 Å². The van der Waals surface area contributed by atoms with Gasteiger partial charge in [0.15, 0.2) is 5.43 Å². The van der Waals surface area contributed by atoms with E-state index in [-0.39, 0.29) is 5.43 Å². The molecule has 1 unspecified atom stereocenters. The summed E-state index contributed by atoms with van der Waals surface area (Å²) in [7, 11) is 0. The predicted molar refractivity (Wildman–Crippen MR) is 118 cm³/mol. The highest BCUT2D eigenvalue weighted by atomic mass is 79.9. The third kappa shape index (κ3) is 3.21. The Bertz CT molecular complexity index is 1130. The Labute approximate surface area is 167 Å². The molecular formula is C24H22BrNO. The monoisotopic (exact) mass is 419 g/mol. The summed E-state index contributed by atoms with van der Waals surface area (Å²) in [5.41, 5.74) is 4.60. The third-order valence-corrected chi connectivity index (χ3v) is 6.20. The van der Waals surface area contributed by atoms with E-state index in [4.69, 9.17) is 0 Å². The smallest absolute Gasteiger partial charge is 0.197 e. The van der Waals surface area contributed by atoms with Crippen molar-refractivity contribution in [1.29, 1.82) is 0 Å². The van der Waals surface area contributed by atoms with Gasteiger partial charge in [-0.1, -0.05) is 66.2 Å². The molecule has 1 atom stereocenters. The van der Waals surface area contributed by atoms with Crippen LogP contribution < -0.4 is 5.43 Å². The van der Waals surface area contributed by atoms with Gasteiger partial charge in [-0.15, -0.1) is 0 Å². The maximum atomic E-state index is 12.9. The summed E-state index contributed by atoms with van der Waals surface area (Å²) in [5.74, 6) is 0.546. The van der Waals surface area contributed by atoms with Gasteiger partial charge in [-0.05, 0) is 53.8 Å². The van der Waals surface area contributed by atoms with Crippen molar-refractivity contribution in [2.75, 3.05) is 0 Å². The molecule has 0 N–H and O–H groups in total. The van der Waals surface area contributed by atoms with E-state index >= 15 is 0 Å². The molecule has 4 aromatic rings. The maximum Gasteiger partial charge on any atom is 0.197 e. The Kier molecular flexibility index (Phi) is 4.88. The second-order valence-electron chi connectivity index (χ2n) is 7.11. The van der Waals surface area contributed by atoms with Crippen LogP contribution in [0.2, 0.25) is 0 Å². The number of hydrogen-bond acceptors (Lipinski definition) is 1. The Hall–Kier alpha value is -2.39. The van der Waals surface area contributed by atoms with E-state index in [1.165, 1.54) is 11.1 Å². The second kappa shape index (κ2) is 7.32. The van der Waals surface area contributed by atoms with Gasteiger partial charge in [0.05, 0.1) is 11.0 Å². The van der Waals surface area contributed by atoms with Crippen LogP contribution in [0.1, 0.15) is 37.3 Å². The molecule has 4 rings (SSSR count). The van der Waals surface area contributed by atoms with Gasteiger partial charge in [0.25, 0.3) is 0 Å². The molecule has 0 aliphatic heterocycles. The molecule has 0 aliphatic rings. The number of nitrogens with zero attached hydrogens (tertiary/aromatic N) is 1. The summed E-state index contributed by atoms with van der Waals surface area (Å²) in [6.07, 6.45) is 1.13. The molecule has 3 heteroatoms. The van der Waals surface area contributed by atoms with Crippen LogP contribution in [0.25, 0.3) is 21.8 Å². The van der Waals surface area contributed by atoms with Gasteiger partial charge in [-0.3, -0.25) is 4.79 Å².